The smallest absolute Gasteiger partial charge is 0.341 e. The fourth-order valence-corrected chi connectivity index (χ4v) is 8.41. The summed E-state index contributed by atoms with van der Waals surface area (Å²) in [5, 5.41) is 8.26. The Hall–Kier alpha value is -5.50. The number of benzene rings is 4. The lowest BCUT2D eigenvalue weighted by Gasteiger charge is -2.25. The van der Waals surface area contributed by atoms with Gasteiger partial charge >= 0.3 is 5.97 Å². The van der Waals surface area contributed by atoms with E-state index in [0.717, 1.165) is 20.5 Å². The van der Waals surface area contributed by atoms with Crippen molar-refractivity contribution >= 4 is 85.4 Å². The first-order valence-electron chi connectivity index (χ1n) is 16.9. The number of fused-ring (bicyclic) bond motifs is 1. The van der Waals surface area contributed by atoms with Crippen LogP contribution in [-0.4, -0.2) is 48.2 Å². The normalized spacial score (nSPS) is 12.9. The minimum Gasteiger partial charge on any atom is -0.465 e. The number of halogens is 1. The summed E-state index contributed by atoms with van der Waals surface area (Å²) in [7, 11) is 1.30. The van der Waals surface area contributed by atoms with Gasteiger partial charge in [-0.3, -0.25) is 19.2 Å². The second kappa shape index (κ2) is 17.5. The zero-order valence-electron chi connectivity index (χ0n) is 29.3. The number of nitrogens with one attached hydrogen (secondary N) is 3. The summed E-state index contributed by atoms with van der Waals surface area (Å²) in [6.45, 7) is 2.32. The summed E-state index contributed by atoms with van der Waals surface area (Å²) in [5.41, 5.74) is 3.40. The van der Waals surface area contributed by atoms with Gasteiger partial charge < -0.3 is 25.6 Å². The van der Waals surface area contributed by atoms with Crippen LogP contribution in [0.3, 0.4) is 0 Å². The van der Waals surface area contributed by atoms with Crippen molar-refractivity contribution in [3.63, 3.8) is 0 Å². The second-order valence-corrected chi connectivity index (χ2v) is 15.4. The summed E-state index contributed by atoms with van der Waals surface area (Å²) in [4.78, 5) is 69.3. The molecule has 1 atom stereocenters. The van der Waals surface area contributed by atoms with Crippen LogP contribution in [0.25, 0.3) is 6.08 Å². The molecule has 0 aliphatic carbocycles. The highest BCUT2D eigenvalue weighted by Crippen LogP contribution is 2.41. The van der Waals surface area contributed by atoms with Gasteiger partial charge in [0, 0.05) is 39.0 Å². The van der Waals surface area contributed by atoms with E-state index in [1.807, 2.05) is 60.7 Å². The van der Waals surface area contributed by atoms with Gasteiger partial charge in [0.2, 0.25) is 11.8 Å². The molecular formula is C41H35BrN4O6S2. The number of hydrogen-bond donors (Lipinski definition) is 3. The van der Waals surface area contributed by atoms with Crippen LogP contribution in [0, 0.1) is 0 Å². The first-order valence-corrected chi connectivity index (χ1v) is 19.3. The molecule has 1 aliphatic heterocycles. The predicted octanol–water partition coefficient (Wildman–Crippen LogP) is 8.08. The maximum absolute atomic E-state index is 14.2. The van der Waals surface area contributed by atoms with Crippen molar-refractivity contribution in [1.82, 2.24) is 10.2 Å². The molecule has 274 valence electrons. The van der Waals surface area contributed by atoms with Crippen molar-refractivity contribution in [2.24, 2.45) is 0 Å². The maximum Gasteiger partial charge on any atom is 0.341 e. The van der Waals surface area contributed by atoms with Gasteiger partial charge in [-0.2, -0.15) is 0 Å². The monoisotopic (exact) mass is 822 g/mol. The molecule has 5 aromatic rings. The molecule has 13 heteroatoms. The number of rotatable bonds is 11. The molecule has 1 aliphatic rings. The lowest BCUT2D eigenvalue weighted by molar-refractivity contribution is -0.129. The van der Waals surface area contributed by atoms with Crippen LogP contribution in [0.15, 0.2) is 124 Å². The highest BCUT2D eigenvalue weighted by atomic mass is 79.9. The predicted molar refractivity (Wildman–Crippen MR) is 215 cm³/mol. The Balaban J connectivity index is 1.25. The molecule has 0 spiro atoms. The van der Waals surface area contributed by atoms with Gasteiger partial charge in [0.05, 0.1) is 19.2 Å². The number of nitrogens with zero attached hydrogens (tertiary/aromatic N) is 1. The highest BCUT2D eigenvalue weighted by molar-refractivity contribution is 9.10. The van der Waals surface area contributed by atoms with Crippen LogP contribution >= 0.6 is 39.0 Å². The van der Waals surface area contributed by atoms with Crippen molar-refractivity contribution in [3.05, 3.63) is 152 Å². The Labute approximate surface area is 329 Å². The molecule has 2 heterocycles. The topological polar surface area (TPSA) is 134 Å². The number of amides is 4. The Morgan fingerprint density at radius 3 is 2.28 bits per heavy atom. The SMILES string of the molecule is COC(=O)c1c(NC(=O)C(Sc2cccc(NC(=O)/C(=C/c3ccc(Br)cc3)NC(=O)c3ccccc3)c2)c2ccccc2)sc2c1CCN(C(C)=O)C2. The molecule has 54 heavy (non-hydrogen) atoms. The zero-order valence-corrected chi connectivity index (χ0v) is 32.5. The average molecular weight is 824 g/mol. The Kier molecular flexibility index (Phi) is 12.4. The maximum atomic E-state index is 14.2. The second-order valence-electron chi connectivity index (χ2n) is 12.2. The van der Waals surface area contributed by atoms with Crippen LogP contribution in [0.2, 0.25) is 0 Å². The third-order valence-electron chi connectivity index (χ3n) is 8.52. The van der Waals surface area contributed by atoms with E-state index in [9.17, 15) is 24.0 Å². The van der Waals surface area contributed by atoms with E-state index in [4.69, 9.17) is 4.74 Å². The number of carbonyl (C=O) groups excluding carboxylic acids is 5. The number of thioether (sulfide) groups is 1. The van der Waals surface area contributed by atoms with E-state index in [0.29, 0.717) is 51.8 Å². The minimum atomic E-state index is -0.756. The van der Waals surface area contributed by atoms with E-state index >= 15 is 0 Å². The summed E-state index contributed by atoms with van der Waals surface area (Å²) in [6, 6.07) is 32.2. The number of anilines is 2. The number of esters is 1. The Morgan fingerprint density at radius 1 is 0.889 bits per heavy atom. The van der Waals surface area contributed by atoms with Gasteiger partial charge in [0.15, 0.2) is 0 Å². The number of ether oxygens (including phenoxy) is 1. The molecule has 0 saturated carbocycles. The summed E-state index contributed by atoms with van der Waals surface area (Å²) in [5.74, 6) is -1.96. The molecule has 0 fully saturated rings. The van der Waals surface area contributed by atoms with Crippen molar-refractivity contribution in [1.29, 1.82) is 0 Å². The third-order valence-corrected chi connectivity index (χ3v) is 11.4. The van der Waals surface area contributed by atoms with E-state index in [1.165, 1.54) is 37.1 Å². The quantitative estimate of drug-likeness (QED) is 0.0697. The van der Waals surface area contributed by atoms with E-state index in [2.05, 4.69) is 31.9 Å². The Bertz CT molecular complexity index is 2230. The van der Waals surface area contributed by atoms with Crippen LogP contribution < -0.4 is 16.0 Å². The molecule has 0 saturated heterocycles. The molecule has 10 nitrogen and oxygen atoms in total. The van der Waals surface area contributed by atoms with Gasteiger partial charge in [0.1, 0.15) is 15.9 Å². The van der Waals surface area contributed by atoms with E-state index < -0.39 is 23.0 Å². The van der Waals surface area contributed by atoms with E-state index in [1.54, 1.807) is 59.5 Å². The lowest BCUT2D eigenvalue weighted by atomic mass is 10.0. The van der Waals surface area contributed by atoms with Gasteiger partial charge in [-0.05, 0) is 71.7 Å². The summed E-state index contributed by atoms with van der Waals surface area (Å²) < 4.78 is 5.98. The molecule has 3 N–H and O–H groups in total. The molecule has 1 aromatic heterocycles. The Morgan fingerprint density at radius 2 is 1.59 bits per heavy atom. The molecule has 4 aromatic carbocycles. The summed E-state index contributed by atoms with van der Waals surface area (Å²) in [6.07, 6.45) is 2.07. The number of carbonyl (C=O) groups is 5. The number of hydrogen-bond acceptors (Lipinski definition) is 8. The molecule has 4 amide bonds. The number of methoxy groups -OCH3 is 1. The highest BCUT2D eigenvalue weighted by Gasteiger charge is 2.32. The van der Waals surface area contributed by atoms with Crippen molar-refractivity contribution in [3.8, 4) is 0 Å². The van der Waals surface area contributed by atoms with Gasteiger partial charge in [-0.15, -0.1) is 23.1 Å². The van der Waals surface area contributed by atoms with Crippen molar-refractivity contribution < 1.29 is 28.7 Å². The van der Waals surface area contributed by atoms with Crippen LogP contribution in [0.4, 0.5) is 10.7 Å². The first kappa shape index (κ1) is 38.2. The minimum absolute atomic E-state index is 0.0391. The van der Waals surface area contributed by atoms with Crippen molar-refractivity contribution in [2.45, 2.75) is 30.0 Å². The molecule has 1 unspecified atom stereocenters. The molecular weight excluding hydrogens is 789 g/mol. The lowest BCUT2D eigenvalue weighted by Crippen LogP contribution is -2.33. The third kappa shape index (κ3) is 9.34. The van der Waals surface area contributed by atoms with Crippen molar-refractivity contribution in [2.75, 3.05) is 24.3 Å². The van der Waals surface area contributed by atoms with Crippen LogP contribution in [0.1, 0.15) is 54.5 Å². The van der Waals surface area contributed by atoms with Gasteiger partial charge in [0.25, 0.3) is 11.8 Å². The average Bonchev–Trinajstić information content (AvgIpc) is 3.54. The van der Waals surface area contributed by atoms with Gasteiger partial charge in [-0.1, -0.05) is 82.7 Å². The zero-order chi connectivity index (χ0) is 38.2. The fourth-order valence-electron chi connectivity index (χ4n) is 5.81. The summed E-state index contributed by atoms with van der Waals surface area (Å²) >= 11 is 5.96. The molecule has 0 bridgehead atoms. The molecule has 0 radical (unpaired) electrons. The largest absolute Gasteiger partial charge is 0.465 e. The first-order chi connectivity index (χ1) is 26.1. The standard InChI is InChI=1S/C41H35BrN4O6S2/c1-25(47)46-21-20-32-34(24-46)54-40(35(32)41(51)52-2)45-39(50)36(27-10-5-3-6-11-27)53-31-15-9-14-30(23-31)43-38(49)33(22-26-16-18-29(42)19-17-26)44-37(48)28-12-7-4-8-13-28/h3-19,22-23,36H,20-21,24H2,1-2H3,(H,43,49)(H,44,48)(H,45,50)/b33-22-. The fraction of sp³-hybridized carbons (Fsp3) is 0.146. The van der Waals surface area contributed by atoms with Crippen LogP contribution in [0.5, 0.6) is 0 Å². The van der Waals surface area contributed by atoms with Gasteiger partial charge in [-0.25, -0.2) is 4.79 Å². The molecule has 6 rings (SSSR count). The number of thiophene rings is 1. The van der Waals surface area contributed by atoms with E-state index in [-0.39, 0.29) is 17.5 Å². The van der Waals surface area contributed by atoms with Crippen LogP contribution in [-0.2, 0) is 32.1 Å².